The Labute approximate surface area is 150 Å². The third kappa shape index (κ3) is 6.50. The monoisotopic (exact) mass is 389 g/mol. The van der Waals surface area contributed by atoms with Gasteiger partial charge in [0.2, 0.25) is 0 Å². The Morgan fingerprint density at radius 3 is 1.45 bits per heavy atom. The second-order valence-corrected chi connectivity index (χ2v) is 13.9. The summed E-state index contributed by atoms with van der Waals surface area (Å²) < 4.78 is 23.5. The van der Waals surface area contributed by atoms with Gasteiger partial charge in [0.25, 0.3) is 0 Å². The van der Waals surface area contributed by atoms with Gasteiger partial charge in [0.05, 0.1) is 0 Å². The Morgan fingerprint density at radius 2 is 1.18 bits per heavy atom. The molecule has 0 aromatic heterocycles. The molecular weight excluding hydrogens is 358 g/mol. The van der Waals surface area contributed by atoms with Crippen molar-refractivity contribution in [2.24, 2.45) is 0 Å². The molecular formula is C12H31N3O3S3Si. The minimum atomic E-state index is -2.88. The normalized spacial score (nSPS) is 13.6. The maximum absolute atomic E-state index is 5.84. The molecule has 0 aromatic carbocycles. The highest BCUT2D eigenvalue weighted by Gasteiger charge is 2.62. The first-order chi connectivity index (χ1) is 10.2. The predicted molar refractivity (Wildman–Crippen MR) is 103 cm³/mol. The van der Waals surface area contributed by atoms with Crippen molar-refractivity contribution in [2.75, 3.05) is 69.4 Å². The maximum Gasteiger partial charge on any atom is 0.530 e. The Kier molecular flexibility index (Phi) is 11.3. The van der Waals surface area contributed by atoms with E-state index in [1.807, 2.05) is 28.2 Å². The summed E-state index contributed by atoms with van der Waals surface area (Å²) in [6, 6.07) is 0. The second-order valence-electron chi connectivity index (χ2n) is 5.12. The van der Waals surface area contributed by atoms with Gasteiger partial charge >= 0.3 is 8.80 Å². The standard InChI is InChI=1S/C12H31N3O3S3Si/c1-13(2)19-11-10-12(20-14(3)4,21-15(5)6)22(16-7,17-8)18-9/h10-11H2,1-9H3. The van der Waals surface area contributed by atoms with Crippen molar-refractivity contribution in [1.82, 2.24) is 12.9 Å². The van der Waals surface area contributed by atoms with E-state index in [2.05, 4.69) is 27.0 Å². The third-order valence-corrected chi connectivity index (χ3v) is 10.6. The van der Waals surface area contributed by atoms with Crippen molar-refractivity contribution in [3.8, 4) is 0 Å². The van der Waals surface area contributed by atoms with Crippen molar-refractivity contribution in [3.05, 3.63) is 0 Å². The quantitative estimate of drug-likeness (QED) is 0.283. The highest BCUT2D eigenvalue weighted by atomic mass is 32.2. The molecule has 0 N–H and O–H groups in total. The summed E-state index contributed by atoms with van der Waals surface area (Å²) in [7, 11) is 14.4. The van der Waals surface area contributed by atoms with E-state index in [-0.39, 0.29) is 3.70 Å². The van der Waals surface area contributed by atoms with Crippen LogP contribution in [-0.2, 0) is 13.3 Å². The second kappa shape index (κ2) is 10.8. The number of rotatable bonds is 12. The minimum Gasteiger partial charge on any atom is -0.375 e. The smallest absolute Gasteiger partial charge is 0.375 e. The molecule has 0 saturated heterocycles. The summed E-state index contributed by atoms with van der Waals surface area (Å²) in [4.78, 5) is 0. The molecule has 0 aliphatic carbocycles. The van der Waals surface area contributed by atoms with Crippen LogP contribution in [0, 0.1) is 0 Å². The summed E-state index contributed by atoms with van der Waals surface area (Å²) in [5, 5.41) is 0. The average Bonchev–Trinajstić information content (AvgIpc) is 2.39. The third-order valence-electron chi connectivity index (χ3n) is 2.71. The van der Waals surface area contributed by atoms with Gasteiger partial charge in [-0.3, -0.25) is 12.9 Å². The molecule has 0 heterocycles. The predicted octanol–water partition coefficient (Wildman–Crippen LogP) is 2.12. The topological polar surface area (TPSA) is 37.4 Å². The lowest BCUT2D eigenvalue weighted by molar-refractivity contribution is 0.117. The van der Waals surface area contributed by atoms with Crippen LogP contribution in [0.3, 0.4) is 0 Å². The highest BCUT2D eigenvalue weighted by Crippen LogP contribution is 2.50. The fraction of sp³-hybridized carbons (Fsp3) is 1.00. The molecule has 0 amide bonds. The molecule has 10 heteroatoms. The summed E-state index contributed by atoms with van der Waals surface area (Å²) in [5.41, 5.74) is 0. The summed E-state index contributed by atoms with van der Waals surface area (Å²) in [6.45, 7) is 0. The van der Waals surface area contributed by atoms with Crippen LogP contribution in [0.4, 0.5) is 0 Å². The van der Waals surface area contributed by atoms with Crippen molar-refractivity contribution in [2.45, 2.75) is 10.1 Å². The summed E-state index contributed by atoms with van der Waals surface area (Å²) in [6.07, 6.45) is 0.892. The van der Waals surface area contributed by atoms with Gasteiger partial charge in [-0.1, -0.05) is 35.8 Å². The molecule has 22 heavy (non-hydrogen) atoms. The van der Waals surface area contributed by atoms with E-state index in [9.17, 15) is 0 Å². The van der Waals surface area contributed by atoms with E-state index in [4.69, 9.17) is 13.3 Å². The van der Waals surface area contributed by atoms with Crippen LogP contribution in [0.15, 0.2) is 0 Å². The van der Waals surface area contributed by atoms with Crippen molar-refractivity contribution in [1.29, 1.82) is 0 Å². The van der Waals surface area contributed by atoms with Crippen LogP contribution in [0.1, 0.15) is 6.42 Å². The van der Waals surface area contributed by atoms with Crippen LogP contribution in [0.25, 0.3) is 0 Å². The zero-order chi connectivity index (χ0) is 17.4. The minimum absolute atomic E-state index is 0.346. The van der Waals surface area contributed by atoms with Gasteiger partial charge in [-0.25, -0.2) is 0 Å². The van der Waals surface area contributed by atoms with Crippen LogP contribution >= 0.6 is 35.8 Å². The van der Waals surface area contributed by atoms with E-state index < -0.39 is 8.80 Å². The Bertz CT molecular complexity index is 290. The number of nitrogens with zero attached hydrogens (tertiary/aromatic N) is 3. The molecule has 0 aliphatic rings. The molecule has 0 saturated carbocycles. The molecule has 0 rings (SSSR count). The van der Waals surface area contributed by atoms with Gasteiger partial charge in [0.1, 0.15) is 0 Å². The van der Waals surface area contributed by atoms with Gasteiger partial charge in [-0.15, -0.1) is 0 Å². The van der Waals surface area contributed by atoms with Gasteiger partial charge in [-0.2, -0.15) is 0 Å². The van der Waals surface area contributed by atoms with Gasteiger partial charge in [0.15, 0.2) is 3.70 Å². The maximum atomic E-state index is 5.84. The molecule has 0 aliphatic heterocycles. The molecule has 0 fully saturated rings. The van der Waals surface area contributed by atoms with Crippen LogP contribution in [-0.4, -0.2) is 94.8 Å². The molecule has 0 atom stereocenters. The van der Waals surface area contributed by atoms with Crippen molar-refractivity contribution in [3.63, 3.8) is 0 Å². The van der Waals surface area contributed by atoms with E-state index in [1.165, 1.54) is 0 Å². The zero-order valence-corrected chi connectivity index (χ0v) is 18.7. The lowest BCUT2D eigenvalue weighted by Crippen LogP contribution is -2.62. The van der Waals surface area contributed by atoms with Crippen molar-refractivity contribution < 1.29 is 13.3 Å². The average molecular weight is 390 g/mol. The molecule has 6 nitrogen and oxygen atoms in total. The molecule has 134 valence electrons. The Hall–Kier alpha value is 1.03. The Morgan fingerprint density at radius 1 is 0.773 bits per heavy atom. The first kappa shape index (κ1) is 23.0. The summed E-state index contributed by atoms with van der Waals surface area (Å²) in [5.74, 6) is 0.958. The first-order valence-electron chi connectivity index (χ1n) is 6.87. The van der Waals surface area contributed by atoms with E-state index in [1.54, 1.807) is 57.2 Å². The number of hydrogen-bond acceptors (Lipinski definition) is 9. The fourth-order valence-corrected chi connectivity index (χ4v) is 11.2. The van der Waals surface area contributed by atoms with E-state index in [0.717, 1.165) is 12.2 Å². The lowest BCUT2D eigenvalue weighted by atomic mass is 10.5. The molecule has 0 aromatic rings. The highest BCUT2D eigenvalue weighted by molar-refractivity contribution is 8.18. The molecule has 0 unspecified atom stereocenters. The van der Waals surface area contributed by atoms with Crippen LogP contribution in [0.5, 0.6) is 0 Å². The molecule has 0 radical (unpaired) electrons. The summed E-state index contributed by atoms with van der Waals surface area (Å²) >= 11 is 5.22. The molecule has 0 spiro atoms. The van der Waals surface area contributed by atoms with Crippen LogP contribution < -0.4 is 0 Å². The van der Waals surface area contributed by atoms with Crippen LogP contribution in [0.2, 0.25) is 0 Å². The van der Waals surface area contributed by atoms with Gasteiger partial charge in [-0.05, 0) is 48.7 Å². The number of hydrogen-bond donors (Lipinski definition) is 0. The van der Waals surface area contributed by atoms with Gasteiger partial charge < -0.3 is 13.3 Å². The van der Waals surface area contributed by atoms with E-state index in [0.29, 0.717) is 0 Å². The lowest BCUT2D eigenvalue weighted by Gasteiger charge is -2.44. The Balaban J connectivity index is 5.60. The SMILES string of the molecule is CO[Si](OC)(OC)C(CCSN(C)C)(SN(C)C)SN(C)C. The largest absolute Gasteiger partial charge is 0.530 e. The fourth-order valence-electron chi connectivity index (χ4n) is 2.04. The van der Waals surface area contributed by atoms with Gasteiger partial charge in [0, 0.05) is 27.1 Å². The molecule has 0 bridgehead atoms. The van der Waals surface area contributed by atoms with E-state index >= 15 is 0 Å². The van der Waals surface area contributed by atoms with Crippen molar-refractivity contribution >= 4 is 44.6 Å². The first-order valence-corrected chi connectivity index (χ1v) is 11.1. The zero-order valence-electron chi connectivity index (χ0n) is 15.2.